The van der Waals surface area contributed by atoms with Gasteiger partial charge < -0.3 is 15.2 Å². The van der Waals surface area contributed by atoms with Crippen molar-refractivity contribution in [1.29, 1.82) is 0 Å². The lowest BCUT2D eigenvalue weighted by atomic mass is 10.1. The molecule has 2 rings (SSSR count). The van der Waals surface area contributed by atoms with Crippen molar-refractivity contribution in [1.82, 2.24) is 10.3 Å². The average Bonchev–Trinajstić information content (AvgIpc) is 2.49. The number of aromatic nitrogens is 1. The van der Waals surface area contributed by atoms with E-state index in [1.165, 1.54) is 0 Å². The van der Waals surface area contributed by atoms with E-state index in [0.29, 0.717) is 22.8 Å². The van der Waals surface area contributed by atoms with Crippen LogP contribution in [-0.4, -0.2) is 22.7 Å². The third-order valence-corrected chi connectivity index (χ3v) is 3.58. The molecule has 1 aromatic carbocycles. The monoisotopic (exact) mass is 404 g/mol. The third-order valence-electron chi connectivity index (χ3n) is 2.96. The van der Waals surface area contributed by atoms with Gasteiger partial charge in [-0.3, -0.25) is 0 Å². The highest BCUT2D eigenvalue weighted by molar-refractivity contribution is 9.10. The summed E-state index contributed by atoms with van der Waals surface area (Å²) in [5, 5.41) is 10.8. The zero-order valence-electron chi connectivity index (χ0n) is 12.1. The van der Waals surface area contributed by atoms with Gasteiger partial charge in [0.2, 0.25) is 5.88 Å². The standard InChI is InChI=1S/C15H12BrF3N2O3/c16-11-7-9(5-6-20-14(22)23)1-3-12(11)24-13-4-2-10(8-21-13)15(17,18)19/h1-4,7-8,20H,5-6H2,(H,22,23). The van der Waals surface area contributed by atoms with Gasteiger partial charge in [-0.2, -0.15) is 13.2 Å². The molecule has 0 aliphatic carbocycles. The Labute approximate surface area is 143 Å². The first kappa shape index (κ1) is 18.1. The number of amides is 1. The van der Waals surface area contributed by atoms with Crippen molar-refractivity contribution < 1.29 is 27.8 Å². The van der Waals surface area contributed by atoms with E-state index < -0.39 is 17.8 Å². The Morgan fingerprint density at radius 2 is 2.04 bits per heavy atom. The van der Waals surface area contributed by atoms with Gasteiger partial charge in [0.15, 0.2) is 0 Å². The van der Waals surface area contributed by atoms with Crippen LogP contribution in [0, 0.1) is 0 Å². The van der Waals surface area contributed by atoms with Crippen LogP contribution in [0.2, 0.25) is 0 Å². The third kappa shape index (κ3) is 5.12. The molecule has 128 valence electrons. The SMILES string of the molecule is O=C(O)NCCc1ccc(Oc2ccc(C(F)(F)F)cn2)c(Br)c1. The predicted molar refractivity (Wildman–Crippen MR) is 83.2 cm³/mol. The number of hydrogen-bond acceptors (Lipinski definition) is 3. The van der Waals surface area contributed by atoms with Gasteiger partial charge in [-0.25, -0.2) is 9.78 Å². The number of nitrogens with zero attached hydrogens (tertiary/aromatic N) is 1. The molecule has 0 aliphatic rings. The van der Waals surface area contributed by atoms with Crippen LogP contribution in [-0.2, 0) is 12.6 Å². The van der Waals surface area contributed by atoms with Crippen molar-refractivity contribution in [2.24, 2.45) is 0 Å². The normalized spacial score (nSPS) is 11.2. The maximum atomic E-state index is 12.5. The second-order valence-electron chi connectivity index (χ2n) is 4.73. The van der Waals surface area contributed by atoms with Gasteiger partial charge in [0.25, 0.3) is 0 Å². The molecule has 0 radical (unpaired) electrons. The Hall–Kier alpha value is -2.29. The van der Waals surface area contributed by atoms with Crippen LogP contribution in [0.1, 0.15) is 11.1 Å². The predicted octanol–water partition coefficient (Wildman–Crippen LogP) is 4.47. The number of benzene rings is 1. The molecule has 2 aromatic rings. The Morgan fingerprint density at radius 1 is 1.29 bits per heavy atom. The average molecular weight is 405 g/mol. The number of rotatable bonds is 5. The summed E-state index contributed by atoms with van der Waals surface area (Å²) in [7, 11) is 0. The zero-order chi connectivity index (χ0) is 17.7. The van der Waals surface area contributed by atoms with Gasteiger partial charge in [0, 0.05) is 18.8 Å². The van der Waals surface area contributed by atoms with Gasteiger partial charge in [-0.15, -0.1) is 0 Å². The topological polar surface area (TPSA) is 71.5 Å². The molecule has 1 amide bonds. The smallest absolute Gasteiger partial charge is 0.417 e. The van der Waals surface area contributed by atoms with Crippen LogP contribution in [0.4, 0.5) is 18.0 Å². The molecule has 9 heteroatoms. The largest absolute Gasteiger partial charge is 0.465 e. The number of nitrogens with one attached hydrogen (secondary N) is 1. The van der Waals surface area contributed by atoms with Gasteiger partial charge in [-0.05, 0) is 46.1 Å². The summed E-state index contributed by atoms with van der Waals surface area (Å²) >= 11 is 3.30. The number of alkyl halides is 3. The Morgan fingerprint density at radius 3 is 2.58 bits per heavy atom. The fraction of sp³-hybridized carbons (Fsp3) is 0.200. The number of pyridine rings is 1. The Balaban J connectivity index is 2.03. The Bertz CT molecular complexity index is 721. The van der Waals surface area contributed by atoms with Gasteiger partial charge in [-0.1, -0.05) is 6.07 Å². The van der Waals surface area contributed by atoms with E-state index in [1.54, 1.807) is 18.2 Å². The van der Waals surface area contributed by atoms with E-state index in [9.17, 15) is 18.0 Å². The van der Waals surface area contributed by atoms with Crippen LogP contribution in [0.5, 0.6) is 11.6 Å². The lowest BCUT2D eigenvalue weighted by molar-refractivity contribution is -0.137. The quantitative estimate of drug-likeness (QED) is 0.771. The molecule has 5 nitrogen and oxygen atoms in total. The second-order valence-corrected chi connectivity index (χ2v) is 5.59. The highest BCUT2D eigenvalue weighted by atomic mass is 79.9. The number of halogens is 4. The lowest BCUT2D eigenvalue weighted by Gasteiger charge is -2.10. The minimum atomic E-state index is -4.45. The summed E-state index contributed by atoms with van der Waals surface area (Å²) in [6.45, 7) is 0.266. The zero-order valence-corrected chi connectivity index (χ0v) is 13.7. The molecule has 0 bridgehead atoms. The summed E-state index contributed by atoms with van der Waals surface area (Å²) in [4.78, 5) is 14.0. The Kier molecular flexibility index (Phi) is 5.66. The minimum Gasteiger partial charge on any atom is -0.465 e. The first-order chi connectivity index (χ1) is 11.3. The van der Waals surface area contributed by atoms with Gasteiger partial charge >= 0.3 is 12.3 Å². The molecule has 24 heavy (non-hydrogen) atoms. The summed E-state index contributed by atoms with van der Waals surface area (Å²) in [5.74, 6) is 0.418. The molecule has 0 saturated heterocycles. The van der Waals surface area contributed by atoms with Crippen molar-refractivity contribution in [2.45, 2.75) is 12.6 Å². The molecule has 1 heterocycles. The molecular weight excluding hydrogens is 393 g/mol. The number of ether oxygens (including phenoxy) is 1. The van der Waals surface area contributed by atoms with Crippen LogP contribution in [0.15, 0.2) is 41.0 Å². The van der Waals surface area contributed by atoms with Gasteiger partial charge in [0.1, 0.15) is 5.75 Å². The van der Waals surface area contributed by atoms with Crippen LogP contribution >= 0.6 is 15.9 Å². The molecule has 0 atom stereocenters. The number of carboxylic acid groups (broad SMARTS) is 1. The first-order valence-corrected chi connectivity index (χ1v) is 7.51. The van der Waals surface area contributed by atoms with E-state index in [0.717, 1.165) is 17.7 Å². The number of carbonyl (C=O) groups is 1. The maximum Gasteiger partial charge on any atom is 0.417 e. The highest BCUT2D eigenvalue weighted by Crippen LogP contribution is 2.32. The molecule has 0 aliphatic heterocycles. The molecule has 0 unspecified atom stereocenters. The summed E-state index contributed by atoms with van der Waals surface area (Å²) in [5.41, 5.74) is 0.0125. The van der Waals surface area contributed by atoms with E-state index in [2.05, 4.69) is 26.2 Å². The van der Waals surface area contributed by atoms with Crippen LogP contribution in [0.25, 0.3) is 0 Å². The van der Waals surface area contributed by atoms with Crippen molar-refractivity contribution in [3.8, 4) is 11.6 Å². The van der Waals surface area contributed by atoms with Crippen LogP contribution in [0.3, 0.4) is 0 Å². The summed E-state index contributed by atoms with van der Waals surface area (Å²) in [6.07, 6.45) is -4.35. The van der Waals surface area contributed by atoms with E-state index in [1.807, 2.05) is 0 Å². The minimum absolute atomic E-state index is 0.0315. The lowest BCUT2D eigenvalue weighted by Crippen LogP contribution is -2.23. The summed E-state index contributed by atoms with van der Waals surface area (Å²) in [6, 6.07) is 7.12. The van der Waals surface area contributed by atoms with E-state index >= 15 is 0 Å². The fourth-order valence-electron chi connectivity index (χ4n) is 1.82. The van der Waals surface area contributed by atoms with Crippen molar-refractivity contribution in [2.75, 3.05) is 6.54 Å². The molecule has 1 aromatic heterocycles. The van der Waals surface area contributed by atoms with Crippen molar-refractivity contribution in [3.05, 3.63) is 52.1 Å². The van der Waals surface area contributed by atoms with Gasteiger partial charge in [0.05, 0.1) is 10.0 Å². The first-order valence-electron chi connectivity index (χ1n) is 6.72. The maximum absolute atomic E-state index is 12.5. The van der Waals surface area contributed by atoms with Crippen molar-refractivity contribution >= 4 is 22.0 Å². The summed E-state index contributed by atoms with van der Waals surface area (Å²) < 4.78 is 43.4. The van der Waals surface area contributed by atoms with E-state index in [4.69, 9.17) is 9.84 Å². The second kappa shape index (κ2) is 7.52. The fourth-order valence-corrected chi connectivity index (χ4v) is 2.32. The van der Waals surface area contributed by atoms with Crippen LogP contribution < -0.4 is 10.1 Å². The van der Waals surface area contributed by atoms with E-state index in [-0.39, 0.29) is 12.4 Å². The highest BCUT2D eigenvalue weighted by Gasteiger charge is 2.30. The molecule has 0 spiro atoms. The molecule has 2 N–H and O–H groups in total. The number of hydrogen-bond donors (Lipinski definition) is 2. The molecule has 0 fully saturated rings. The molecular formula is C15H12BrF3N2O3. The molecule has 0 saturated carbocycles. The van der Waals surface area contributed by atoms with Crippen molar-refractivity contribution in [3.63, 3.8) is 0 Å².